The number of terminal acetylenes is 1. The number of hydrogen-bond acceptors (Lipinski definition) is 5. The van der Waals surface area contributed by atoms with Crippen LogP contribution in [0.25, 0.3) is 0 Å². The van der Waals surface area contributed by atoms with Crippen LogP contribution in [0.1, 0.15) is 31.4 Å². The maximum Gasteiger partial charge on any atom is 0.223 e. The lowest BCUT2D eigenvalue weighted by Crippen LogP contribution is -2.37. The zero-order valence-corrected chi connectivity index (χ0v) is 14.5. The highest BCUT2D eigenvalue weighted by Gasteiger charge is 2.39. The first-order valence-electron chi connectivity index (χ1n) is 8.24. The fourth-order valence-electron chi connectivity index (χ4n) is 2.43. The molecule has 24 heavy (non-hydrogen) atoms. The van der Waals surface area contributed by atoms with Gasteiger partial charge in [-0.2, -0.15) is 10.2 Å². The van der Waals surface area contributed by atoms with E-state index in [1.54, 1.807) is 6.20 Å². The minimum absolute atomic E-state index is 0.111. The van der Waals surface area contributed by atoms with E-state index in [2.05, 4.69) is 26.0 Å². The summed E-state index contributed by atoms with van der Waals surface area (Å²) in [7, 11) is 4.00. The van der Waals surface area contributed by atoms with Gasteiger partial charge in [0.1, 0.15) is 0 Å². The molecule has 0 saturated carbocycles. The first kappa shape index (κ1) is 18.1. The van der Waals surface area contributed by atoms with Crippen molar-refractivity contribution >= 4 is 5.91 Å². The Bertz CT molecular complexity index is 600. The van der Waals surface area contributed by atoms with Crippen molar-refractivity contribution in [2.24, 2.45) is 10.2 Å². The molecule has 0 N–H and O–H groups in total. The van der Waals surface area contributed by atoms with Crippen molar-refractivity contribution in [3.8, 4) is 12.3 Å². The van der Waals surface area contributed by atoms with Crippen molar-refractivity contribution in [1.29, 1.82) is 0 Å². The zero-order valence-electron chi connectivity index (χ0n) is 14.5. The summed E-state index contributed by atoms with van der Waals surface area (Å²) in [5, 5.41) is 8.20. The van der Waals surface area contributed by atoms with Crippen LogP contribution >= 0.6 is 0 Å². The van der Waals surface area contributed by atoms with E-state index in [0.717, 1.165) is 18.7 Å². The number of nitrogens with zero attached hydrogens (tertiary/aromatic N) is 5. The third-order valence-corrected chi connectivity index (χ3v) is 4.04. The molecule has 6 heteroatoms. The van der Waals surface area contributed by atoms with Gasteiger partial charge in [0.05, 0.1) is 12.2 Å². The standard InChI is InChI=1S/C18H25N5O/c1-4-5-10-18(20-21-18)11-9-17(24)23(14-13-22(2)3)15-16-8-6-7-12-19-16/h1,6-8,12H,5,9-11,13-15H2,2-3H3. The largest absolute Gasteiger partial charge is 0.336 e. The third-order valence-electron chi connectivity index (χ3n) is 4.04. The van der Waals surface area contributed by atoms with Crippen molar-refractivity contribution in [2.75, 3.05) is 27.2 Å². The topological polar surface area (TPSA) is 61.2 Å². The van der Waals surface area contributed by atoms with Crippen LogP contribution in [0.5, 0.6) is 0 Å². The molecule has 0 saturated heterocycles. The number of amides is 1. The van der Waals surface area contributed by atoms with Crippen molar-refractivity contribution < 1.29 is 4.79 Å². The van der Waals surface area contributed by atoms with Crippen LogP contribution < -0.4 is 0 Å². The number of carbonyl (C=O) groups excluding carboxylic acids is 1. The molecule has 0 aliphatic carbocycles. The van der Waals surface area contributed by atoms with Gasteiger partial charge in [0.2, 0.25) is 5.91 Å². The Hall–Kier alpha value is -2.26. The molecular formula is C18H25N5O. The van der Waals surface area contributed by atoms with Gasteiger partial charge in [-0.1, -0.05) is 6.07 Å². The molecule has 0 atom stereocenters. The van der Waals surface area contributed by atoms with E-state index < -0.39 is 5.66 Å². The molecule has 128 valence electrons. The molecule has 0 unspecified atom stereocenters. The number of hydrogen-bond donors (Lipinski definition) is 0. The maximum absolute atomic E-state index is 12.7. The Kier molecular flexibility index (Phi) is 6.44. The monoisotopic (exact) mass is 327 g/mol. The van der Waals surface area contributed by atoms with Crippen LogP contribution in [0.4, 0.5) is 0 Å². The minimum atomic E-state index is -0.403. The molecule has 0 aromatic carbocycles. The summed E-state index contributed by atoms with van der Waals surface area (Å²) in [6.07, 6.45) is 9.48. The summed E-state index contributed by atoms with van der Waals surface area (Å²) in [5.74, 6) is 2.72. The average molecular weight is 327 g/mol. The molecule has 1 amide bonds. The molecule has 0 spiro atoms. The van der Waals surface area contributed by atoms with E-state index in [1.165, 1.54) is 0 Å². The average Bonchev–Trinajstić information content (AvgIpc) is 3.36. The van der Waals surface area contributed by atoms with Gasteiger partial charge in [0.25, 0.3) is 0 Å². The van der Waals surface area contributed by atoms with Crippen molar-refractivity contribution in [3.05, 3.63) is 30.1 Å². The highest BCUT2D eigenvalue weighted by Crippen LogP contribution is 2.37. The van der Waals surface area contributed by atoms with Crippen molar-refractivity contribution in [3.63, 3.8) is 0 Å². The summed E-state index contributed by atoms with van der Waals surface area (Å²) in [6.45, 7) is 2.02. The lowest BCUT2D eigenvalue weighted by Gasteiger charge is -2.24. The van der Waals surface area contributed by atoms with E-state index in [-0.39, 0.29) is 5.91 Å². The first-order chi connectivity index (χ1) is 11.5. The summed E-state index contributed by atoms with van der Waals surface area (Å²) < 4.78 is 0. The van der Waals surface area contributed by atoms with Crippen LogP contribution in [0, 0.1) is 12.3 Å². The van der Waals surface area contributed by atoms with E-state index in [9.17, 15) is 4.79 Å². The van der Waals surface area contributed by atoms with E-state index in [1.807, 2.05) is 37.2 Å². The van der Waals surface area contributed by atoms with E-state index >= 15 is 0 Å². The van der Waals surface area contributed by atoms with E-state index in [4.69, 9.17) is 6.42 Å². The Morgan fingerprint density at radius 1 is 1.25 bits per heavy atom. The van der Waals surface area contributed by atoms with Crippen molar-refractivity contribution in [2.45, 2.75) is 37.9 Å². The number of likely N-dealkylation sites (N-methyl/N-ethyl adjacent to an activating group) is 1. The van der Waals surface area contributed by atoms with Crippen LogP contribution in [-0.4, -0.2) is 53.5 Å². The van der Waals surface area contributed by atoms with Crippen LogP contribution in [0.2, 0.25) is 0 Å². The number of rotatable bonds is 10. The molecule has 0 bridgehead atoms. The Labute approximate surface area is 144 Å². The lowest BCUT2D eigenvalue weighted by molar-refractivity contribution is -0.132. The Morgan fingerprint density at radius 3 is 2.62 bits per heavy atom. The second kappa shape index (κ2) is 8.55. The SMILES string of the molecule is C#CCCC1(CCC(=O)N(CCN(C)C)Cc2ccccn2)N=N1. The van der Waals surface area contributed by atoms with Gasteiger partial charge >= 0.3 is 0 Å². The Morgan fingerprint density at radius 2 is 2.04 bits per heavy atom. The summed E-state index contributed by atoms with van der Waals surface area (Å²) in [5.41, 5.74) is 0.493. The molecule has 0 fully saturated rings. The highest BCUT2D eigenvalue weighted by atomic mass is 16.2. The predicted molar refractivity (Wildman–Crippen MR) is 93.1 cm³/mol. The van der Waals surface area contributed by atoms with Gasteiger partial charge in [-0.15, -0.1) is 12.3 Å². The fourth-order valence-corrected chi connectivity index (χ4v) is 2.43. The first-order valence-corrected chi connectivity index (χ1v) is 8.24. The smallest absolute Gasteiger partial charge is 0.223 e. The highest BCUT2D eigenvalue weighted by molar-refractivity contribution is 5.76. The maximum atomic E-state index is 12.7. The summed E-state index contributed by atoms with van der Waals surface area (Å²) in [6, 6.07) is 5.75. The Balaban J connectivity index is 1.90. The quantitative estimate of drug-likeness (QED) is 0.620. The zero-order chi connectivity index (χ0) is 17.4. The molecule has 6 nitrogen and oxygen atoms in total. The van der Waals surface area contributed by atoms with Gasteiger partial charge in [-0.05, 0) is 26.2 Å². The molecule has 1 aliphatic rings. The third kappa shape index (κ3) is 5.74. The summed E-state index contributed by atoms with van der Waals surface area (Å²) in [4.78, 5) is 20.9. The van der Waals surface area contributed by atoms with Gasteiger partial charge < -0.3 is 9.80 Å². The molecule has 0 radical (unpaired) electrons. The number of carbonyl (C=O) groups is 1. The predicted octanol–water partition coefficient (Wildman–Crippen LogP) is 2.33. The number of aromatic nitrogens is 1. The lowest BCUT2D eigenvalue weighted by atomic mass is 10.0. The molecule has 2 heterocycles. The molecule has 1 aromatic heterocycles. The summed E-state index contributed by atoms with van der Waals surface area (Å²) >= 11 is 0. The van der Waals surface area contributed by atoms with Crippen LogP contribution in [0.15, 0.2) is 34.6 Å². The minimum Gasteiger partial charge on any atom is -0.336 e. The van der Waals surface area contributed by atoms with Crippen molar-refractivity contribution in [1.82, 2.24) is 14.8 Å². The van der Waals surface area contributed by atoms with Crippen LogP contribution in [-0.2, 0) is 11.3 Å². The number of pyridine rings is 1. The molecular weight excluding hydrogens is 302 g/mol. The van der Waals surface area contributed by atoms with Gasteiger partial charge in [-0.3, -0.25) is 9.78 Å². The van der Waals surface area contributed by atoms with Crippen LogP contribution in [0.3, 0.4) is 0 Å². The second-order valence-corrected chi connectivity index (χ2v) is 6.33. The van der Waals surface area contributed by atoms with Gasteiger partial charge in [0.15, 0.2) is 5.66 Å². The second-order valence-electron chi connectivity index (χ2n) is 6.33. The normalized spacial score (nSPS) is 14.4. The van der Waals surface area contributed by atoms with Gasteiger partial charge in [0, 0.05) is 45.0 Å². The van der Waals surface area contributed by atoms with E-state index in [0.29, 0.717) is 32.4 Å². The molecule has 1 aromatic rings. The molecule has 2 rings (SSSR count). The fraction of sp³-hybridized carbons (Fsp3) is 0.556. The van der Waals surface area contributed by atoms with Gasteiger partial charge in [-0.25, -0.2) is 0 Å². The molecule has 1 aliphatic heterocycles.